The number of pyridine rings is 1. The van der Waals surface area contributed by atoms with Crippen LogP contribution in [0, 0.1) is 12.8 Å². The summed E-state index contributed by atoms with van der Waals surface area (Å²) >= 11 is 0. The van der Waals surface area contributed by atoms with Crippen molar-refractivity contribution in [3.63, 3.8) is 0 Å². The first-order chi connectivity index (χ1) is 8.74. The molecule has 1 aromatic heterocycles. The molecule has 1 fully saturated rings. The van der Waals surface area contributed by atoms with Gasteiger partial charge in [0.25, 0.3) is 0 Å². The summed E-state index contributed by atoms with van der Waals surface area (Å²) in [7, 11) is 0. The quantitative estimate of drug-likeness (QED) is 0.760. The van der Waals surface area contributed by atoms with E-state index in [0.717, 1.165) is 16.5 Å². The first-order valence-corrected chi connectivity index (χ1v) is 6.63. The van der Waals surface area contributed by atoms with Crippen LogP contribution in [0.5, 0.6) is 0 Å². The van der Waals surface area contributed by atoms with Crippen LogP contribution in [0.3, 0.4) is 0 Å². The number of carbonyl (C=O) groups excluding carboxylic acids is 1. The molecule has 0 amide bonds. The molecule has 0 spiro atoms. The van der Waals surface area contributed by atoms with Crippen LogP contribution in [-0.4, -0.2) is 10.8 Å². The highest BCUT2D eigenvalue weighted by atomic mass is 16.1. The minimum absolute atomic E-state index is 0.202. The van der Waals surface area contributed by atoms with Gasteiger partial charge < -0.3 is 0 Å². The van der Waals surface area contributed by atoms with Gasteiger partial charge in [0.05, 0.1) is 5.52 Å². The van der Waals surface area contributed by atoms with E-state index >= 15 is 0 Å². The van der Waals surface area contributed by atoms with Crippen LogP contribution in [-0.2, 0) is 0 Å². The van der Waals surface area contributed by atoms with E-state index in [4.69, 9.17) is 0 Å². The second kappa shape index (κ2) is 4.52. The van der Waals surface area contributed by atoms with Gasteiger partial charge in [-0.1, -0.05) is 37.5 Å². The van der Waals surface area contributed by atoms with E-state index < -0.39 is 0 Å². The Labute approximate surface area is 107 Å². The number of nitrogens with zero attached hydrogens (tertiary/aromatic N) is 1. The number of hydrogen-bond donors (Lipinski definition) is 0. The van der Waals surface area contributed by atoms with Crippen molar-refractivity contribution < 1.29 is 4.79 Å². The number of para-hydroxylation sites is 1. The molecule has 1 aliphatic rings. The average molecular weight is 239 g/mol. The number of aromatic nitrogens is 1. The first kappa shape index (κ1) is 11.4. The SMILES string of the molecule is Cc1cc(C(=O)CC2CCC2)nc2ccccc12. The predicted octanol–water partition coefficient (Wildman–Crippen LogP) is 3.92. The number of carbonyl (C=O) groups is 1. The second-order valence-electron chi connectivity index (χ2n) is 5.27. The Morgan fingerprint density at radius 1 is 1.33 bits per heavy atom. The van der Waals surface area contributed by atoms with Gasteiger partial charge in [0.15, 0.2) is 5.78 Å². The fourth-order valence-electron chi connectivity index (χ4n) is 2.56. The molecule has 1 heterocycles. The molecular formula is C16H17NO. The topological polar surface area (TPSA) is 30.0 Å². The Morgan fingerprint density at radius 2 is 2.11 bits per heavy atom. The Kier molecular flexibility index (Phi) is 2.86. The molecule has 0 atom stereocenters. The fraction of sp³-hybridized carbons (Fsp3) is 0.375. The molecule has 1 aromatic carbocycles. The summed E-state index contributed by atoms with van der Waals surface area (Å²) in [5.74, 6) is 0.805. The Balaban J connectivity index is 1.94. The molecule has 2 nitrogen and oxygen atoms in total. The van der Waals surface area contributed by atoms with Crippen molar-refractivity contribution in [3.05, 3.63) is 41.6 Å². The molecule has 1 saturated carbocycles. The highest BCUT2D eigenvalue weighted by Crippen LogP contribution is 2.30. The summed E-state index contributed by atoms with van der Waals surface area (Å²) in [6.07, 6.45) is 4.36. The number of Topliss-reactive ketones (excluding diaryl/α,β-unsaturated/α-hetero) is 1. The second-order valence-corrected chi connectivity index (χ2v) is 5.27. The van der Waals surface area contributed by atoms with E-state index in [0.29, 0.717) is 18.0 Å². The van der Waals surface area contributed by atoms with Crippen LogP contribution in [0.2, 0.25) is 0 Å². The molecule has 1 aliphatic carbocycles. The van der Waals surface area contributed by atoms with Crippen molar-refractivity contribution in [1.82, 2.24) is 4.98 Å². The lowest BCUT2D eigenvalue weighted by Gasteiger charge is -2.24. The number of hydrogen-bond acceptors (Lipinski definition) is 2. The zero-order chi connectivity index (χ0) is 12.5. The maximum Gasteiger partial charge on any atom is 0.181 e. The van der Waals surface area contributed by atoms with E-state index in [1.165, 1.54) is 19.3 Å². The lowest BCUT2D eigenvalue weighted by Crippen LogP contribution is -2.16. The van der Waals surface area contributed by atoms with Crippen molar-refractivity contribution in [2.24, 2.45) is 5.92 Å². The van der Waals surface area contributed by atoms with Gasteiger partial charge >= 0.3 is 0 Å². The van der Waals surface area contributed by atoms with Crippen LogP contribution < -0.4 is 0 Å². The van der Waals surface area contributed by atoms with Gasteiger partial charge in [0.2, 0.25) is 0 Å². The standard InChI is InChI=1S/C16H17NO/c1-11-9-15(16(18)10-12-5-4-6-12)17-14-8-3-2-7-13(11)14/h2-3,7-9,12H,4-6,10H2,1H3. The lowest BCUT2D eigenvalue weighted by molar-refractivity contribution is 0.0932. The molecule has 0 radical (unpaired) electrons. The van der Waals surface area contributed by atoms with Gasteiger partial charge in [-0.05, 0) is 30.5 Å². The van der Waals surface area contributed by atoms with Gasteiger partial charge in [-0.25, -0.2) is 4.98 Å². The van der Waals surface area contributed by atoms with E-state index in [2.05, 4.69) is 11.1 Å². The van der Waals surface area contributed by atoms with E-state index in [1.54, 1.807) is 0 Å². The van der Waals surface area contributed by atoms with E-state index in [9.17, 15) is 4.79 Å². The first-order valence-electron chi connectivity index (χ1n) is 6.63. The summed E-state index contributed by atoms with van der Waals surface area (Å²) in [4.78, 5) is 16.7. The monoisotopic (exact) mass is 239 g/mol. The molecular weight excluding hydrogens is 222 g/mol. The van der Waals surface area contributed by atoms with Crippen LogP contribution in [0.15, 0.2) is 30.3 Å². The van der Waals surface area contributed by atoms with Crippen molar-refractivity contribution >= 4 is 16.7 Å². The Morgan fingerprint density at radius 3 is 2.83 bits per heavy atom. The lowest BCUT2D eigenvalue weighted by atomic mass is 9.81. The maximum atomic E-state index is 12.2. The van der Waals surface area contributed by atoms with Crippen molar-refractivity contribution in [3.8, 4) is 0 Å². The van der Waals surface area contributed by atoms with Crippen molar-refractivity contribution in [2.75, 3.05) is 0 Å². The summed E-state index contributed by atoms with van der Waals surface area (Å²) < 4.78 is 0. The van der Waals surface area contributed by atoms with Gasteiger partial charge in [-0.3, -0.25) is 4.79 Å². The summed E-state index contributed by atoms with van der Waals surface area (Å²) in [6, 6.07) is 9.94. The van der Waals surface area contributed by atoms with Gasteiger partial charge in [0.1, 0.15) is 5.69 Å². The molecule has 3 rings (SSSR count). The van der Waals surface area contributed by atoms with Gasteiger partial charge in [-0.15, -0.1) is 0 Å². The van der Waals surface area contributed by atoms with Crippen molar-refractivity contribution in [2.45, 2.75) is 32.6 Å². The molecule has 0 unspecified atom stereocenters. The Hall–Kier alpha value is -1.70. The molecule has 2 heteroatoms. The molecule has 0 N–H and O–H groups in total. The Bertz CT molecular complexity index is 599. The normalized spacial score (nSPS) is 15.6. The highest BCUT2D eigenvalue weighted by Gasteiger charge is 2.22. The molecule has 92 valence electrons. The summed E-state index contributed by atoms with van der Waals surface area (Å²) in [5, 5.41) is 1.14. The zero-order valence-corrected chi connectivity index (χ0v) is 10.6. The molecule has 0 bridgehead atoms. The van der Waals surface area contributed by atoms with Crippen LogP contribution in [0.1, 0.15) is 41.7 Å². The third-order valence-corrected chi connectivity index (χ3v) is 3.91. The minimum Gasteiger partial charge on any atom is -0.292 e. The van der Waals surface area contributed by atoms with Gasteiger partial charge in [-0.2, -0.15) is 0 Å². The third-order valence-electron chi connectivity index (χ3n) is 3.91. The number of fused-ring (bicyclic) bond motifs is 1. The largest absolute Gasteiger partial charge is 0.292 e. The van der Waals surface area contributed by atoms with Crippen LogP contribution >= 0.6 is 0 Å². The van der Waals surface area contributed by atoms with Crippen molar-refractivity contribution in [1.29, 1.82) is 0 Å². The number of aryl methyl sites for hydroxylation is 1. The number of rotatable bonds is 3. The minimum atomic E-state index is 0.202. The third kappa shape index (κ3) is 2.03. The molecule has 18 heavy (non-hydrogen) atoms. The highest BCUT2D eigenvalue weighted by molar-refractivity contribution is 5.97. The maximum absolute atomic E-state index is 12.2. The number of benzene rings is 1. The number of ketones is 1. The van der Waals surface area contributed by atoms with Gasteiger partial charge in [0, 0.05) is 11.8 Å². The van der Waals surface area contributed by atoms with Crippen LogP contribution in [0.25, 0.3) is 10.9 Å². The van der Waals surface area contributed by atoms with Crippen LogP contribution in [0.4, 0.5) is 0 Å². The average Bonchev–Trinajstić information content (AvgIpc) is 2.33. The predicted molar refractivity (Wildman–Crippen MR) is 72.8 cm³/mol. The smallest absolute Gasteiger partial charge is 0.181 e. The molecule has 2 aromatic rings. The van der Waals surface area contributed by atoms with E-state index in [-0.39, 0.29) is 5.78 Å². The van der Waals surface area contributed by atoms with E-state index in [1.807, 2.05) is 31.2 Å². The zero-order valence-electron chi connectivity index (χ0n) is 10.6. The molecule has 0 saturated heterocycles. The fourth-order valence-corrected chi connectivity index (χ4v) is 2.56. The summed E-state index contributed by atoms with van der Waals surface area (Å²) in [6.45, 7) is 2.05. The molecule has 0 aliphatic heterocycles. The summed E-state index contributed by atoms with van der Waals surface area (Å²) in [5.41, 5.74) is 2.70.